The molecule has 0 radical (unpaired) electrons. The third-order valence-electron chi connectivity index (χ3n) is 5.85. The molecule has 10 heteroatoms. The van der Waals surface area contributed by atoms with Crippen molar-refractivity contribution >= 4 is 52.3 Å². The van der Waals surface area contributed by atoms with Crippen LogP contribution in [0.4, 0.5) is 30.2 Å². The molecule has 4 rings (SSSR count). The van der Waals surface area contributed by atoms with Crippen LogP contribution in [-0.2, 0) is 15.8 Å². The van der Waals surface area contributed by atoms with Gasteiger partial charge in [-0.1, -0.05) is 18.2 Å². The van der Waals surface area contributed by atoms with E-state index in [1.807, 2.05) is 0 Å². The van der Waals surface area contributed by atoms with Crippen LogP contribution in [0.5, 0.6) is 0 Å². The van der Waals surface area contributed by atoms with E-state index in [0.29, 0.717) is 24.1 Å². The number of carbonyl (C=O) groups excluding carboxylic acids is 2. The SMILES string of the molecule is [C-]#[N+]c1ccc(N2C(=O)C3(CCC3)N(c3ccc(/C=C/C(N)=O)cc3)C2=S)cc1C(F)(F)F. The summed E-state index contributed by atoms with van der Waals surface area (Å²) in [4.78, 5) is 30.1. The summed E-state index contributed by atoms with van der Waals surface area (Å²) < 4.78 is 40.5. The number of primary amides is 1. The van der Waals surface area contributed by atoms with Crippen LogP contribution in [0.3, 0.4) is 0 Å². The van der Waals surface area contributed by atoms with Gasteiger partial charge in [0.25, 0.3) is 5.91 Å². The number of nitrogens with two attached hydrogens (primary N) is 1. The van der Waals surface area contributed by atoms with Gasteiger partial charge in [0.2, 0.25) is 5.91 Å². The lowest BCUT2D eigenvalue weighted by Crippen LogP contribution is -2.55. The lowest BCUT2D eigenvalue weighted by Gasteiger charge is -2.43. The number of nitrogens with zero attached hydrogens (tertiary/aromatic N) is 3. The van der Waals surface area contributed by atoms with Gasteiger partial charge in [-0.15, -0.1) is 0 Å². The van der Waals surface area contributed by atoms with Crippen LogP contribution in [0, 0.1) is 6.57 Å². The third kappa shape index (κ3) is 3.74. The first-order valence-electron chi connectivity index (χ1n) is 9.93. The largest absolute Gasteiger partial charge is 0.407 e. The first-order valence-corrected chi connectivity index (χ1v) is 10.3. The van der Waals surface area contributed by atoms with Gasteiger partial charge in [-0.3, -0.25) is 14.5 Å². The number of alkyl halides is 3. The summed E-state index contributed by atoms with van der Waals surface area (Å²) in [6.45, 7) is 7.02. The zero-order chi connectivity index (χ0) is 24.0. The third-order valence-corrected chi connectivity index (χ3v) is 6.21. The van der Waals surface area contributed by atoms with Gasteiger partial charge in [0.05, 0.1) is 12.1 Å². The Kier molecular flexibility index (Phi) is 5.46. The molecule has 0 unspecified atom stereocenters. The van der Waals surface area contributed by atoms with E-state index in [1.54, 1.807) is 35.2 Å². The molecule has 168 valence electrons. The number of carbonyl (C=O) groups is 2. The zero-order valence-electron chi connectivity index (χ0n) is 17.1. The number of amides is 2. The fraction of sp³-hybridized carbons (Fsp3) is 0.217. The molecule has 1 heterocycles. The summed E-state index contributed by atoms with van der Waals surface area (Å²) in [5.41, 5.74) is 3.78. The topological polar surface area (TPSA) is 71.0 Å². The molecule has 1 saturated carbocycles. The molecule has 1 aliphatic carbocycles. The van der Waals surface area contributed by atoms with E-state index in [9.17, 15) is 22.8 Å². The van der Waals surface area contributed by atoms with Crippen molar-refractivity contribution in [1.82, 2.24) is 0 Å². The normalized spacial score (nSPS) is 17.5. The van der Waals surface area contributed by atoms with Crippen molar-refractivity contribution in [3.05, 3.63) is 71.1 Å². The number of hydrogen-bond donors (Lipinski definition) is 1. The minimum Gasteiger partial charge on any atom is -0.366 e. The Bertz CT molecular complexity index is 1230. The Morgan fingerprint density at radius 3 is 2.30 bits per heavy atom. The number of benzene rings is 2. The van der Waals surface area contributed by atoms with Crippen molar-refractivity contribution in [2.75, 3.05) is 9.80 Å². The maximum absolute atomic E-state index is 13.5. The van der Waals surface area contributed by atoms with Crippen LogP contribution in [0.25, 0.3) is 10.9 Å². The summed E-state index contributed by atoms with van der Waals surface area (Å²) in [6.07, 6.45) is -0.178. The average molecular weight is 470 g/mol. The molecule has 2 aromatic carbocycles. The highest BCUT2D eigenvalue weighted by Crippen LogP contribution is 2.48. The predicted molar refractivity (Wildman–Crippen MR) is 122 cm³/mol. The van der Waals surface area contributed by atoms with Crippen LogP contribution in [0.1, 0.15) is 30.4 Å². The van der Waals surface area contributed by atoms with Crippen molar-refractivity contribution in [3.63, 3.8) is 0 Å². The minimum absolute atomic E-state index is 0.0282. The molecular formula is C23H17F3N4O2S. The van der Waals surface area contributed by atoms with Crippen LogP contribution in [0.15, 0.2) is 48.5 Å². The van der Waals surface area contributed by atoms with Crippen LogP contribution >= 0.6 is 12.2 Å². The molecule has 2 N–H and O–H groups in total. The first-order chi connectivity index (χ1) is 15.6. The molecule has 0 aromatic heterocycles. The average Bonchev–Trinajstić information content (AvgIpc) is 2.98. The lowest BCUT2D eigenvalue weighted by molar-refractivity contribution is -0.137. The number of hydrogen-bond acceptors (Lipinski definition) is 3. The number of rotatable bonds is 4. The smallest absolute Gasteiger partial charge is 0.366 e. The predicted octanol–water partition coefficient (Wildman–Crippen LogP) is 4.82. The number of anilines is 2. The van der Waals surface area contributed by atoms with E-state index in [2.05, 4.69) is 4.85 Å². The molecule has 2 fully saturated rings. The van der Waals surface area contributed by atoms with E-state index in [1.165, 1.54) is 12.1 Å². The van der Waals surface area contributed by atoms with E-state index in [0.717, 1.165) is 23.5 Å². The molecule has 2 aliphatic rings. The van der Waals surface area contributed by atoms with Crippen molar-refractivity contribution in [2.24, 2.45) is 5.73 Å². The fourth-order valence-electron chi connectivity index (χ4n) is 4.11. The van der Waals surface area contributed by atoms with Gasteiger partial charge in [0, 0.05) is 17.5 Å². The van der Waals surface area contributed by atoms with Crippen LogP contribution in [0.2, 0.25) is 0 Å². The molecule has 0 atom stereocenters. The van der Waals surface area contributed by atoms with Crippen LogP contribution < -0.4 is 15.5 Å². The van der Waals surface area contributed by atoms with E-state index < -0.39 is 28.9 Å². The quantitative estimate of drug-likeness (QED) is 0.395. The molecular weight excluding hydrogens is 453 g/mol. The first kappa shape index (κ1) is 22.5. The summed E-state index contributed by atoms with van der Waals surface area (Å²) in [6, 6.07) is 10.1. The van der Waals surface area contributed by atoms with Crippen molar-refractivity contribution in [3.8, 4) is 0 Å². The number of thiocarbonyl (C=S) groups is 1. The maximum atomic E-state index is 13.5. The number of halogens is 3. The van der Waals surface area contributed by atoms with Gasteiger partial charge in [0.15, 0.2) is 10.8 Å². The highest BCUT2D eigenvalue weighted by molar-refractivity contribution is 7.81. The summed E-state index contributed by atoms with van der Waals surface area (Å²) in [5.74, 6) is -0.975. The molecule has 33 heavy (non-hydrogen) atoms. The van der Waals surface area contributed by atoms with Gasteiger partial charge in [-0.2, -0.15) is 13.2 Å². The summed E-state index contributed by atoms with van der Waals surface area (Å²) in [7, 11) is 0. The second-order valence-corrected chi connectivity index (χ2v) is 8.15. The Morgan fingerprint density at radius 2 is 1.79 bits per heavy atom. The Morgan fingerprint density at radius 1 is 1.15 bits per heavy atom. The molecule has 1 aliphatic heterocycles. The maximum Gasteiger partial charge on any atom is 0.407 e. The second kappa shape index (κ2) is 8.01. The highest BCUT2D eigenvalue weighted by Gasteiger charge is 2.59. The summed E-state index contributed by atoms with van der Waals surface area (Å²) >= 11 is 5.58. The Balaban J connectivity index is 1.74. The van der Waals surface area contributed by atoms with Gasteiger partial charge in [-0.25, -0.2) is 4.85 Å². The molecule has 2 aromatic rings. The highest BCUT2D eigenvalue weighted by atomic mass is 32.1. The lowest BCUT2D eigenvalue weighted by atomic mass is 9.75. The molecule has 0 bridgehead atoms. The minimum atomic E-state index is -4.75. The second-order valence-electron chi connectivity index (χ2n) is 7.78. The van der Waals surface area contributed by atoms with Gasteiger partial charge >= 0.3 is 6.18 Å². The van der Waals surface area contributed by atoms with E-state index in [4.69, 9.17) is 24.5 Å². The Hall–Kier alpha value is -3.71. The fourth-order valence-corrected chi connectivity index (χ4v) is 4.58. The van der Waals surface area contributed by atoms with Gasteiger partial charge < -0.3 is 10.6 Å². The van der Waals surface area contributed by atoms with Crippen molar-refractivity contribution in [1.29, 1.82) is 0 Å². The van der Waals surface area contributed by atoms with E-state index >= 15 is 0 Å². The van der Waals surface area contributed by atoms with Crippen LogP contribution in [-0.4, -0.2) is 22.5 Å². The van der Waals surface area contributed by atoms with E-state index in [-0.39, 0.29) is 16.7 Å². The van der Waals surface area contributed by atoms with Crippen molar-refractivity contribution < 1.29 is 22.8 Å². The molecule has 1 saturated heterocycles. The molecule has 6 nitrogen and oxygen atoms in total. The van der Waals surface area contributed by atoms with Gasteiger partial charge in [-0.05, 0) is 67.4 Å². The van der Waals surface area contributed by atoms with Crippen molar-refractivity contribution in [2.45, 2.75) is 31.0 Å². The standard InChI is InChI=1S/C23H17F3N4O2S/c1-28-18-9-8-16(13-17(18)23(24,25)26)29-20(32)22(11-2-12-22)30(21(29)33)15-6-3-14(4-7-15)5-10-19(27)31/h3-10,13H,2,11-12H2,(H2,27,31)/b10-5+. The monoisotopic (exact) mass is 470 g/mol. The Labute approximate surface area is 192 Å². The molecule has 2 amide bonds. The van der Waals surface area contributed by atoms with Gasteiger partial charge in [0.1, 0.15) is 5.54 Å². The summed E-state index contributed by atoms with van der Waals surface area (Å²) in [5, 5.41) is 0.0730. The zero-order valence-corrected chi connectivity index (χ0v) is 17.9. The molecule has 1 spiro atoms.